The molecule has 2 amide bonds. The largest absolute Gasteiger partial charge is 0.477 e. The average Bonchev–Trinajstić information content (AvgIpc) is 3.37. The number of nitrogens with one attached hydrogen (secondary N) is 1. The van der Waals surface area contributed by atoms with Gasteiger partial charge in [0.2, 0.25) is 0 Å². The molecule has 0 aliphatic carbocycles. The lowest BCUT2D eigenvalue weighted by Crippen LogP contribution is -2.70. The van der Waals surface area contributed by atoms with E-state index in [4.69, 9.17) is 0 Å². The summed E-state index contributed by atoms with van der Waals surface area (Å²) in [5.41, 5.74) is 0.742. The van der Waals surface area contributed by atoms with Crippen LogP contribution in [-0.4, -0.2) is 86.0 Å². The number of tetrazole rings is 1. The summed E-state index contributed by atoms with van der Waals surface area (Å²) < 4.78 is 1.25. The Kier molecular flexibility index (Phi) is 6.48. The van der Waals surface area contributed by atoms with Crippen molar-refractivity contribution in [2.24, 2.45) is 0 Å². The fraction of sp³-hybridized carbons (Fsp3) is 0.250. The second kappa shape index (κ2) is 9.75. The fourth-order valence-corrected chi connectivity index (χ4v) is 6.16. The van der Waals surface area contributed by atoms with Crippen LogP contribution in [0.5, 0.6) is 0 Å². The molecule has 3 N–H and O–H groups in total. The van der Waals surface area contributed by atoms with Crippen LogP contribution in [-0.2, 0) is 14.4 Å². The number of carbonyl (C=O) groups excluding carboxylic acids is 2. The van der Waals surface area contributed by atoms with Gasteiger partial charge in [0, 0.05) is 23.6 Å². The molecule has 2 aliphatic rings. The van der Waals surface area contributed by atoms with E-state index >= 15 is 0 Å². The van der Waals surface area contributed by atoms with Gasteiger partial charge in [0.05, 0.1) is 4.92 Å². The quantitative estimate of drug-likeness (QED) is 0.148. The van der Waals surface area contributed by atoms with Crippen LogP contribution in [0.25, 0.3) is 5.65 Å². The van der Waals surface area contributed by atoms with E-state index < -0.39 is 40.2 Å². The fourth-order valence-electron chi connectivity index (χ4n) is 3.83. The van der Waals surface area contributed by atoms with Crippen molar-refractivity contribution in [1.29, 1.82) is 0 Å². The lowest BCUT2D eigenvalue weighted by molar-refractivity contribution is -0.384. The topological polar surface area (TPSA) is 206 Å². The third kappa shape index (κ3) is 4.58. The normalized spacial score (nSPS) is 19.8. The minimum atomic E-state index is -1.66. The van der Waals surface area contributed by atoms with Crippen molar-refractivity contribution in [3.05, 3.63) is 63.3 Å². The van der Waals surface area contributed by atoms with Crippen molar-refractivity contribution >= 4 is 52.6 Å². The Morgan fingerprint density at radius 3 is 2.73 bits per heavy atom. The SMILES string of the molecule is O=C(O)C1=C(CSc2ccc3nnnn3n2)CS[C@H]2C(NC(=O)C(O)c3ccc([N+](=O)[O-])cc3)C(=O)N12. The molecule has 1 fully saturated rings. The third-order valence-electron chi connectivity index (χ3n) is 5.65. The highest BCUT2D eigenvalue weighted by Crippen LogP contribution is 2.41. The lowest BCUT2D eigenvalue weighted by Gasteiger charge is -2.49. The van der Waals surface area contributed by atoms with Crippen LogP contribution >= 0.6 is 23.5 Å². The summed E-state index contributed by atoms with van der Waals surface area (Å²) in [7, 11) is 0. The molecule has 0 bridgehead atoms. The van der Waals surface area contributed by atoms with E-state index in [2.05, 4.69) is 25.9 Å². The summed E-state index contributed by atoms with van der Waals surface area (Å²) in [5, 5.41) is 48.6. The van der Waals surface area contributed by atoms with Gasteiger partial charge in [-0.15, -0.1) is 38.4 Å². The van der Waals surface area contributed by atoms with Crippen molar-refractivity contribution in [2.45, 2.75) is 22.5 Å². The van der Waals surface area contributed by atoms with Crippen LogP contribution in [0.3, 0.4) is 0 Å². The number of nitrogens with zero attached hydrogens (tertiary/aromatic N) is 7. The number of aliphatic hydroxyl groups is 1. The predicted molar refractivity (Wildman–Crippen MR) is 127 cm³/mol. The molecule has 3 atom stereocenters. The molecule has 2 aromatic heterocycles. The van der Waals surface area contributed by atoms with Gasteiger partial charge in [0.25, 0.3) is 17.5 Å². The second-order valence-electron chi connectivity index (χ2n) is 7.89. The molecule has 2 aliphatic heterocycles. The predicted octanol–water partition coefficient (Wildman–Crippen LogP) is -0.00820. The van der Waals surface area contributed by atoms with E-state index in [9.17, 15) is 34.7 Å². The molecule has 0 radical (unpaired) electrons. The summed E-state index contributed by atoms with van der Waals surface area (Å²) in [6.07, 6.45) is -1.66. The zero-order valence-corrected chi connectivity index (χ0v) is 20.1. The first-order chi connectivity index (χ1) is 17.7. The lowest BCUT2D eigenvalue weighted by atomic mass is 10.0. The van der Waals surface area contributed by atoms with Crippen molar-refractivity contribution < 1.29 is 29.5 Å². The number of aromatic nitrogens is 5. The number of aliphatic hydroxyl groups excluding tert-OH is 1. The van der Waals surface area contributed by atoms with Crippen molar-refractivity contribution in [3.8, 4) is 0 Å². The molecule has 3 aromatic rings. The third-order valence-corrected chi connectivity index (χ3v) is 8.00. The van der Waals surface area contributed by atoms with E-state index in [1.165, 1.54) is 40.3 Å². The van der Waals surface area contributed by atoms with Gasteiger partial charge in [-0.3, -0.25) is 24.6 Å². The number of carboxylic acids is 1. The van der Waals surface area contributed by atoms with Crippen molar-refractivity contribution in [3.63, 3.8) is 0 Å². The van der Waals surface area contributed by atoms with Crippen LogP contribution in [0.15, 0.2) is 52.7 Å². The number of aliphatic carboxylic acids is 1. The van der Waals surface area contributed by atoms with Crippen LogP contribution in [0, 0.1) is 10.1 Å². The number of hydrogen-bond acceptors (Lipinski definition) is 12. The molecule has 1 saturated heterocycles. The molecule has 4 heterocycles. The molecule has 2 unspecified atom stereocenters. The number of thioether (sulfide) groups is 2. The summed E-state index contributed by atoms with van der Waals surface area (Å²) in [6, 6.07) is 7.13. The van der Waals surface area contributed by atoms with Gasteiger partial charge in [0.1, 0.15) is 22.1 Å². The molecular weight excluding hydrogens is 528 g/mol. The number of rotatable bonds is 8. The van der Waals surface area contributed by atoms with Gasteiger partial charge >= 0.3 is 5.97 Å². The monoisotopic (exact) mass is 544 g/mol. The van der Waals surface area contributed by atoms with E-state index in [0.717, 1.165) is 17.0 Å². The Morgan fingerprint density at radius 1 is 1.27 bits per heavy atom. The minimum absolute atomic E-state index is 0.113. The summed E-state index contributed by atoms with van der Waals surface area (Å²) in [5.74, 6) is -2.21. The maximum atomic E-state index is 12.9. The number of fused-ring (bicyclic) bond motifs is 2. The first-order valence-corrected chi connectivity index (χ1v) is 12.6. The van der Waals surface area contributed by atoms with Crippen molar-refractivity contribution in [2.75, 3.05) is 11.5 Å². The Balaban J connectivity index is 1.26. The number of nitro groups is 1. The summed E-state index contributed by atoms with van der Waals surface area (Å²) in [6.45, 7) is 0. The Bertz CT molecular complexity index is 1460. The van der Waals surface area contributed by atoms with Crippen molar-refractivity contribution in [1.82, 2.24) is 35.5 Å². The molecule has 5 rings (SSSR count). The van der Waals surface area contributed by atoms with Crippen LogP contribution in [0.4, 0.5) is 5.69 Å². The van der Waals surface area contributed by atoms with Gasteiger partial charge in [-0.1, -0.05) is 0 Å². The smallest absolute Gasteiger partial charge is 0.352 e. The first kappa shape index (κ1) is 24.6. The molecule has 37 heavy (non-hydrogen) atoms. The van der Waals surface area contributed by atoms with Gasteiger partial charge in [-0.25, -0.2) is 4.79 Å². The van der Waals surface area contributed by atoms with Crippen LogP contribution < -0.4 is 5.32 Å². The highest BCUT2D eigenvalue weighted by molar-refractivity contribution is 8.01. The molecule has 15 nitrogen and oxygen atoms in total. The maximum Gasteiger partial charge on any atom is 0.352 e. The van der Waals surface area contributed by atoms with E-state index in [0.29, 0.717) is 22.0 Å². The van der Waals surface area contributed by atoms with Gasteiger partial charge in [-0.2, -0.15) is 0 Å². The van der Waals surface area contributed by atoms with E-state index in [1.807, 2.05) is 0 Å². The highest BCUT2D eigenvalue weighted by atomic mass is 32.2. The molecular formula is C20H16N8O7S2. The molecule has 0 spiro atoms. The number of amides is 2. The number of benzene rings is 1. The zero-order valence-electron chi connectivity index (χ0n) is 18.5. The van der Waals surface area contributed by atoms with Crippen LogP contribution in [0.1, 0.15) is 11.7 Å². The highest BCUT2D eigenvalue weighted by Gasteiger charge is 2.54. The summed E-state index contributed by atoms with van der Waals surface area (Å²) in [4.78, 5) is 48.8. The number of β-lactam (4-membered cyclic amide) rings is 1. The molecule has 190 valence electrons. The van der Waals surface area contributed by atoms with Crippen LogP contribution in [0.2, 0.25) is 0 Å². The average molecular weight is 545 g/mol. The number of carboxylic acid groups (broad SMARTS) is 1. The number of carbonyl (C=O) groups is 3. The summed E-state index contributed by atoms with van der Waals surface area (Å²) >= 11 is 2.55. The number of non-ortho nitro benzene ring substituents is 1. The number of hydrogen-bond donors (Lipinski definition) is 3. The Hall–Kier alpha value is -4.09. The zero-order chi connectivity index (χ0) is 26.3. The van der Waals surface area contributed by atoms with Gasteiger partial charge in [-0.05, 0) is 45.8 Å². The Labute approximate surface area is 215 Å². The minimum Gasteiger partial charge on any atom is -0.477 e. The maximum absolute atomic E-state index is 12.9. The molecule has 1 aromatic carbocycles. The second-order valence-corrected chi connectivity index (χ2v) is 9.99. The van der Waals surface area contributed by atoms with Gasteiger partial charge < -0.3 is 15.5 Å². The Morgan fingerprint density at radius 2 is 2.03 bits per heavy atom. The van der Waals surface area contributed by atoms with E-state index in [1.54, 1.807) is 12.1 Å². The molecule has 17 heteroatoms. The van der Waals surface area contributed by atoms with E-state index in [-0.39, 0.29) is 22.7 Å². The number of nitro benzene ring substituents is 1. The van der Waals surface area contributed by atoms with Gasteiger partial charge in [0.15, 0.2) is 11.8 Å². The molecule has 0 saturated carbocycles. The standard InChI is InChI=1S/C20H16N8O7S2/c29-16(9-1-3-11(4-2-9)28(34)35)17(30)21-14-18(31)26-15(20(32)33)10(8-37-19(14)26)7-36-13-6-5-12-22-24-25-27(12)23-13/h1-6,14,16,19,29H,7-8H2,(H,21,30)(H,32,33)/t14?,16?,19-/m0/s1. The first-order valence-electron chi connectivity index (χ1n) is 10.6.